The Bertz CT molecular complexity index is 137. The Labute approximate surface area is 54.7 Å². The molecule has 0 aromatic heterocycles. The molecule has 3 N–H and O–H groups in total. The molecule has 0 bridgehead atoms. The van der Waals surface area contributed by atoms with Gasteiger partial charge in [0, 0.05) is 25.4 Å². The number of aliphatic imine (C=N–C) groups is 1. The molecule has 50 valence electrons. The molecule has 1 rings (SSSR count). The van der Waals surface area contributed by atoms with Gasteiger partial charge in [0.25, 0.3) is 0 Å². The largest absolute Gasteiger partial charge is 0.384 e. The van der Waals surface area contributed by atoms with E-state index in [0.29, 0.717) is 6.54 Å². The molecule has 1 aliphatic rings. The van der Waals surface area contributed by atoms with Crippen LogP contribution >= 0.6 is 0 Å². The van der Waals surface area contributed by atoms with Crippen LogP contribution in [0.3, 0.4) is 0 Å². The molecule has 0 fully saturated rings. The summed E-state index contributed by atoms with van der Waals surface area (Å²) in [6, 6.07) is 0. The van der Waals surface area contributed by atoms with E-state index in [2.05, 4.69) is 10.3 Å². The maximum Gasteiger partial charge on any atom is 0.0569 e. The Hall–Kier alpha value is -0.830. The van der Waals surface area contributed by atoms with Gasteiger partial charge in [-0.3, -0.25) is 4.99 Å². The van der Waals surface area contributed by atoms with Gasteiger partial charge in [-0.05, 0) is 6.54 Å². The summed E-state index contributed by atoms with van der Waals surface area (Å²) in [5.41, 5.74) is 6.36. The van der Waals surface area contributed by atoms with Gasteiger partial charge < -0.3 is 11.1 Å². The Kier molecular flexibility index (Phi) is 2.27. The first-order valence-electron chi connectivity index (χ1n) is 3.08. The molecular formula is C6H11N3. The van der Waals surface area contributed by atoms with E-state index in [-0.39, 0.29) is 0 Å². The standard InChI is InChI=1S/C6H11N3/c7-2-1-6-5-8-3-4-9-6/h4-5,8H,1-3,7H2. The van der Waals surface area contributed by atoms with Crippen LogP contribution in [0.1, 0.15) is 6.42 Å². The van der Waals surface area contributed by atoms with E-state index < -0.39 is 0 Å². The zero-order valence-corrected chi connectivity index (χ0v) is 5.30. The van der Waals surface area contributed by atoms with Gasteiger partial charge in [0.1, 0.15) is 0 Å². The third-order valence-electron chi connectivity index (χ3n) is 1.14. The lowest BCUT2D eigenvalue weighted by molar-refractivity contribution is 0.881. The van der Waals surface area contributed by atoms with Gasteiger partial charge in [0.15, 0.2) is 0 Å². The fourth-order valence-electron chi connectivity index (χ4n) is 0.714. The third kappa shape index (κ3) is 1.85. The molecule has 0 spiro atoms. The summed E-state index contributed by atoms with van der Waals surface area (Å²) in [6.07, 6.45) is 4.63. The average Bonchev–Trinajstić information content (AvgIpc) is 1.91. The fraction of sp³-hybridized carbons (Fsp3) is 0.500. The molecule has 0 radical (unpaired) electrons. The second-order valence-electron chi connectivity index (χ2n) is 1.89. The van der Waals surface area contributed by atoms with Crippen molar-refractivity contribution in [2.24, 2.45) is 10.7 Å². The van der Waals surface area contributed by atoms with Crippen molar-refractivity contribution >= 4 is 6.21 Å². The SMILES string of the molecule is NCCC1=CNCC=N1. The molecule has 0 atom stereocenters. The predicted octanol–water partition coefficient (Wildman–Crippen LogP) is -0.149. The van der Waals surface area contributed by atoms with Crippen LogP contribution in [0.5, 0.6) is 0 Å². The lowest BCUT2D eigenvalue weighted by atomic mass is 10.3. The van der Waals surface area contributed by atoms with Crippen molar-refractivity contribution in [3.63, 3.8) is 0 Å². The number of nitrogens with zero attached hydrogens (tertiary/aromatic N) is 1. The number of nitrogens with one attached hydrogen (secondary N) is 1. The van der Waals surface area contributed by atoms with Gasteiger partial charge in [0.2, 0.25) is 0 Å². The topological polar surface area (TPSA) is 50.4 Å². The van der Waals surface area contributed by atoms with Crippen molar-refractivity contribution in [1.82, 2.24) is 5.32 Å². The number of hydrogen-bond acceptors (Lipinski definition) is 3. The van der Waals surface area contributed by atoms with Gasteiger partial charge in [-0.15, -0.1) is 0 Å². The van der Waals surface area contributed by atoms with E-state index in [9.17, 15) is 0 Å². The molecule has 3 nitrogen and oxygen atoms in total. The minimum Gasteiger partial charge on any atom is -0.384 e. The Morgan fingerprint density at radius 1 is 1.78 bits per heavy atom. The predicted molar refractivity (Wildman–Crippen MR) is 38.2 cm³/mol. The second kappa shape index (κ2) is 3.25. The summed E-state index contributed by atoms with van der Waals surface area (Å²) in [5, 5.41) is 3.05. The van der Waals surface area contributed by atoms with Crippen LogP contribution in [-0.2, 0) is 0 Å². The molecule has 0 unspecified atom stereocenters. The highest BCUT2D eigenvalue weighted by Crippen LogP contribution is 2.00. The molecule has 0 aromatic rings. The Morgan fingerprint density at radius 2 is 2.67 bits per heavy atom. The fourth-order valence-corrected chi connectivity index (χ4v) is 0.714. The van der Waals surface area contributed by atoms with Crippen LogP contribution < -0.4 is 11.1 Å². The number of hydrogen-bond donors (Lipinski definition) is 2. The zero-order chi connectivity index (χ0) is 6.53. The lowest BCUT2D eigenvalue weighted by Gasteiger charge is -2.05. The molecule has 0 amide bonds. The van der Waals surface area contributed by atoms with Crippen molar-refractivity contribution in [3.05, 3.63) is 11.9 Å². The smallest absolute Gasteiger partial charge is 0.0569 e. The molecular weight excluding hydrogens is 114 g/mol. The maximum atomic E-state index is 5.32. The summed E-state index contributed by atoms with van der Waals surface area (Å²) in [7, 11) is 0. The van der Waals surface area contributed by atoms with Crippen LogP contribution in [-0.4, -0.2) is 19.3 Å². The summed E-state index contributed by atoms with van der Waals surface area (Å²) in [6.45, 7) is 1.51. The first-order valence-corrected chi connectivity index (χ1v) is 3.08. The van der Waals surface area contributed by atoms with Crippen LogP contribution in [0.25, 0.3) is 0 Å². The Morgan fingerprint density at radius 3 is 3.22 bits per heavy atom. The van der Waals surface area contributed by atoms with E-state index in [4.69, 9.17) is 5.73 Å². The van der Waals surface area contributed by atoms with Crippen molar-refractivity contribution in [3.8, 4) is 0 Å². The molecule has 0 saturated carbocycles. The van der Waals surface area contributed by atoms with E-state index in [1.807, 2.05) is 12.4 Å². The van der Waals surface area contributed by atoms with E-state index >= 15 is 0 Å². The van der Waals surface area contributed by atoms with Crippen LogP contribution in [0.4, 0.5) is 0 Å². The van der Waals surface area contributed by atoms with Gasteiger partial charge in [-0.25, -0.2) is 0 Å². The van der Waals surface area contributed by atoms with Crippen molar-refractivity contribution in [2.45, 2.75) is 6.42 Å². The summed E-state index contributed by atoms with van der Waals surface area (Å²) < 4.78 is 0. The van der Waals surface area contributed by atoms with Gasteiger partial charge in [-0.1, -0.05) is 0 Å². The molecule has 0 saturated heterocycles. The quantitative estimate of drug-likeness (QED) is 0.539. The zero-order valence-electron chi connectivity index (χ0n) is 5.30. The first kappa shape index (κ1) is 6.29. The summed E-state index contributed by atoms with van der Waals surface area (Å²) >= 11 is 0. The molecule has 0 aliphatic carbocycles. The van der Waals surface area contributed by atoms with Crippen LogP contribution in [0.15, 0.2) is 16.9 Å². The minimum atomic E-state index is 0.671. The maximum absolute atomic E-state index is 5.32. The highest BCUT2D eigenvalue weighted by molar-refractivity contribution is 5.62. The molecule has 9 heavy (non-hydrogen) atoms. The minimum absolute atomic E-state index is 0.671. The number of rotatable bonds is 2. The Balaban J connectivity index is 2.38. The molecule has 1 heterocycles. The van der Waals surface area contributed by atoms with Gasteiger partial charge in [0.05, 0.1) is 5.70 Å². The molecule has 0 aromatic carbocycles. The van der Waals surface area contributed by atoms with Crippen LogP contribution in [0.2, 0.25) is 0 Å². The molecule has 3 heteroatoms. The van der Waals surface area contributed by atoms with E-state index in [1.165, 1.54) is 0 Å². The third-order valence-corrected chi connectivity index (χ3v) is 1.14. The van der Waals surface area contributed by atoms with Crippen molar-refractivity contribution < 1.29 is 0 Å². The highest BCUT2D eigenvalue weighted by Gasteiger charge is 1.93. The first-order chi connectivity index (χ1) is 4.43. The van der Waals surface area contributed by atoms with Gasteiger partial charge in [-0.2, -0.15) is 0 Å². The van der Waals surface area contributed by atoms with E-state index in [0.717, 1.165) is 18.7 Å². The number of nitrogens with two attached hydrogens (primary N) is 1. The molecule has 1 aliphatic heterocycles. The average molecular weight is 125 g/mol. The normalized spacial score (nSPS) is 16.8. The van der Waals surface area contributed by atoms with Gasteiger partial charge >= 0.3 is 0 Å². The van der Waals surface area contributed by atoms with Crippen molar-refractivity contribution in [1.29, 1.82) is 0 Å². The van der Waals surface area contributed by atoms with E-state index in [1.54, 1.807) is 0 Å². The highest BCUT2D eigenvalue weighted by atomic mass is 14.9. The van der Waals surface area contributed by atoms with Crippen LogP contribution in [0, 0.1) is 0 Å². The summed E-state index contributed by atoms with van der Waals surface area (Å²) in [4.78, 5) is 4.11. The second-order valence-corrected chi connectivity index (χ2v) is 1.89. The monoisotopic (exact) mass is 125 g/mol. The lowest BCUT2D eigenvalue weighted by Crippen LogP contribution is -2.14. The summed E-state index contributed by atoms with van der Waals surface area (Å²) in [5.74, 6) is 0. The van der Waals surface area contributed by atoms with Crippen molar-refractivity contribution in [2.75, 3.05) is 13.1 Å².